The number of thiocarbonyl (C=S) groups is 1. The van der Waals surface area contributed by atoms with Crippen molar-refractivity contribution in [1.29, 1.82) is 0 Å². The van der Waals surface area contributed by atoms with Gasteiger partial charge in [-0.15, -0.1) is 0 Å². The van der Waals surface area contributed by atoms with Gasteiger partial charge in [-0.1, -0.05) is 63.9 Å². The Morgan fingerprint density at radius 3 is 2.84 bits per heavy atom. The van der Waals surface area contributed by atoms with Gasteiger partial charge in [-0.3, -0.25) is 19.8 Å². The topological polar surface area (TPSA) is 88.1 Å². The van der Waals surface area contributed by atoms with Crippen LogP contribution in [-0.4, -0.2) is 42.4 Å². The van der Waals surface area contributed by atoms with Crippen LogP contribution in [0.25, 0.3) is 6.08 Å². The maximum absolute atomic E-state index is 12.5. The van der Waals surface area contributed by atoms with Gasteiger partial charge in [0.1, 0.15) is 4.32 Å². The minimum atomic E-state index is -0.191. The molecule has 1 N–H and O–H groups in total. The molecule has 0 aliphatic carbocycles. The van der Waals surface area contributed by atoms with E-state index >= 15 is 0 Å². The Bertz CT molecular complexity index is 808. The number of nitrogens with zero attached hydrogens (tertiary/aromatic N) is 4. The molecule has 2 amide bonds. The Labute approximate surface area is 157 Å². The van der Waals surface area contributed by atoms with Crippen LogP contribution in [0.15, 0.2) is 35.2 Å². The summed E-state index contributed by atoms with van der Waals surface area (Å²) in [7, 11) is 0. The third-order valence-electron chi connectivity index (χ3n) is 3.30. The normalized spacial score (nSPS) is 15.8. The van der Waals surface area contributed by atoms with Gasteiger partial charge in [0.2, 0.25) is 11.0 Å². The Hall–Kier alpha value is -2.17. The molecule has 128 valence electrons. The van der Waals surface area contributed by atoms with Gasteiger partial charge in [-0.2, -0.15) is 0 Å². The highest BCUT2D eigenvalue weighted by atomic mass is 32.2. The lowest BCUT2D eigenvalue weighted by Crippen LogP contribution is -2.29. The summed E-state index contributed by atoms with van der Waals surface area (Å²) in [6.07, 6.45) is 2.59. The second kappa shape index (κ2) is 8.28. The van der Waals surface area contributed by atoms with Crippen LogP contribution < -0.4 is 5.32 Å². The highest BCUT2D eigenvalue weighted by molar-refractivity contribution is 8.26. The molecule has 0 atom stereocenters. The van der Waals surface area contributed by atoms with E-state index in [4.69, 9.17) is 12.2 Å². The van der Waals surface area contributed by atoms with Crippen molar-refractivity contribution >= 4 is 62.9 Å². The van der Waals surface area contributed by atoms with E-state index in [1.165, 1.54) is 16.7 Å². The zero-order chi connectivity index (χ0) is 17.6. The van der Waals surface area contributed by atoms with E-state index < -0.39 is 0 Å². The Balaban J connectivity index is 1.53. The minimum absolute atomic E-state index is 0.118. The first kappa shape index (κ1) is 17.6. The number of thioether (sulfide) groups is 1. The molecule has 25 heavy (non-hydrogen) atoms. The van der Waals surface area contributed by atoms with Gasteiger partial charge < -0.3 is 0 Å². The number of benzene rings is 1. The first-order valence-electron chi connectivity index (χ1n) is 7.39. The molecule has 0 saturated carbocycles. The van der Waals surface area contributed by atoms with Crippen molar-refractivity contribution < 1.29 is 9.59 Å². The Morgan fingerprint density at radius 1 is 1.32 bits per heavy atom. The molecule has 0 unspecified atom stereocenters. The number of aromatic nitrogens is 3. The van der Waals surface area contributed by atoms with E-state index in [1.54, 1.807) is 0 Å². The van der Waals surface area contributed by atoms with Gasteiger partial charge in [0.05, 0.1) is 4.91 Å². The molecule has 2 aromatic rings. The van der Waals surface area contributed by atoms with Crippen molar-refractivity contribution in [2.45, 2.75) is 12.8 Å². The van der Waals surface area contributed by atoms with E-state index in [2.05, 4.69) is 20.1 Å². The van der Waals surface area contributed by atoms with Gasteiger partial charge in [-0.25, -0.2) is 0 Å². The van der Waals surface area contributed by atoms with Crippen LogP contribution in [0.4, 0.5) is 5.13 Å². The molecule has 0 bridgehead atoms. The Morgan fingerprint density at radius 2 is 2.12 bits per heavy atom. The van der Waals surface area contributed by atoms with Crippen LogP contribution >= 0.6 is 35.5 Å². The first-order chi connectivity index (χ1) is 12.1. The number of nitrogens with one attached hydrogen (secondary N) is 1. The van der Waals surface area contributed by atoms with Crippen LogP contribution in [0.3, 0.4) is 0 Å². The molecule has 1 aliphatic rings. The van der Waals surface area contributed by atoms with Crippen molar-refractivity contribution in [2.24, 2.45) is 0 Å². The zero-order valence-corrected chi connectivity index (χ0v) is 15.4. The van der Waals surface area contributed by atoms with Gasteiger partial charge in [0.25, 0.3) is 5.91 Å². The summed E-state index contributed by atoms with van der Waals surface area (Å²) in [4.78, 5) is 26.4. The second-order valence-electron chi connectivity index (χ2n) is 5.06. The lowest BCUT2D eigenvalue weighted by molar-refractivity contribution is -0.122. The monoisotopic (exact) mass is 391 g/mol. The summed E-state index contributed by atoms with van der Waals surface area (Å²) in [6.45, 7) is 0.401. The van der Waals surface area contributed by atoms with Gasteiger partial charge in [0, 0.05) is 24.5 Å². The molecule has 10 heteroatoms. The lowest BCUT2D eigenvalue weighted by Gasteiger charge is -2.13. The molecule has 1 aromatic heterocycles. The van der Waals surface area contributed by atoms with E-state index in [0.29, 0.717) is 27.3 Å². The van der Waals surface area contributed by atoms with Crippen LogP contribution in [0.2, 0.25) is 0 Å². The SMILES string of the molecule is O=C(CCCN1C(=O)/C(=C/c2ccccc2)SC1=S)Nc1nnns1. The fourth-order valence-electron chi connectivity index (χ4n) is 2.15. The molecule has 3 rings (SSSR count). The van der Waals surface area contributed by atoms with Crippen LogP contribution in [0.1, 0.15) is 18.4 Å². The number of rotatable bonds is 6. The van der Waals surface area contributed by atoms with E-state index in [-0.39, 0.29) is 18.2 Å². The third kappa shape index (κ3) is 4.68. The molecule has 0 spiro atoms. The van der Waals surface area contributed by atoms with Gasteiger partial charge >= 0.3 is 0 Å². The molecular weight excluding hydrogens is 378 g/mol. The zero-order valence-electron chi connectivity index (χ0n) is 12.9. The summed E-state index contributed by atoms with van der Waals surface area (Å²) in [5, 5.41) is 10.0. The van der Waals surface area contributed by atoms with Crippen LogP contribution in [0, 0.1) is 0 Å². The highest BCUT2D eigenvalue weighted by Crippen LogP contribution is 2.32. The molecule has 2 heterocycles. The molecule has 1 fully saturated rings. The summed E-state index contributed by atoms with van der Waals surface area (Å²) < 4.78 is 4.08. The first-order valence-corrected chi connectivity index (χ1v) is 9.38. The number of amides is 2. The van der Waals surface area contributed by atoms with Crippen molar-refractivity contribution in [2.75, 3.05) is 11.9 Å². The summed E-state index contributed by atoms with van der Waals surface area (Å²) in [6, 6.07) is 9.61. The summed E-state index contributed by atoms with van der Waals surface area (Å²) >= 11 is 7.58. The number of carbonyl (C=O) groups excluding carboxylic acids is 2. The van der Waals surface area contributed by atoms with Crippen molar-refractivity contribution in [3.63, 3.8) is 0 Å². The highest BCUT2D eigenvalue weighted by Gasteiger charge is 2.31. The minimum Gasteiger partial charge on any atom is -0.299 e. The maximum atomic E-state index is 12.5. The standard InChI is InChI=1S/C15H13N5O2S3/c21-12(16-14-17-18-19-25-14)7-4-8-20-13(22)11(24-15(20)23)9-10-5-2-1-3-6-10/h1-3,5-6,9H,4,7-8H2,(H,16,17,19,21)/b11-9-. The van der Waals surface area contributed by atoms with Gasteiger partial charge in [-0.05, 0) is 23.3 Å². The molecule has 1 aliphatic heterocycles. The molecule has 0 radical (unpaired) electrons. The molecule has 1 saturated heterocycles. The predicted octanol–water partition coefficient (Wildman–Crippen LogP) is 2.55. The number of anilines is 1. The van der Waals surface area contributed by atoms with Crippen molar-refractivity contribution in [1.82, 2.24) is 19.7 Å². The van der Waals surface area contributed by atoms with E-state index in [0.717, 1.165) is 17.1 Å². The summed E-state index contributed by atoms with van der Waals surface area (Å²) in [5.41, 5.74) is 0.952. The van der Waals surface area contributed by atoms with Gasteiger partial charge in [0.15, 0.2) is 0 Å². The molecule has 7 nitrogen and oxygen atoms in total. The fourth-order valence-corrected chi connectivity index (χ4v) is 3.85. The smallest absolute Gasteiger partial charge is 0.266 e. The average Bonchev–Trinajstić information content (AvgIpc) is 3.19. The largest absolute Gasteiger partial charge is 0.299 e. The molecular formula is C15H13N5O2S3. The van der Waals surface area contributed by atoms with E-state index in [1.807, 2.05) is 36.4 Å². The van der Waals surface area contributed by atoms with Crippen molar-refractivity contribution in [3.05, 3.63) is 40.8 Å². The maximum Gasteiger partial charge on any atom is 0.266 e. The Kier molecular flexibility index (Phi) is 5.84. The second-order valence-corrected chi connectivity index (χ2v) is 7.47. The van der Waals surface area contributed by atoms with Crippen LogP contribution in [-0.2, 0) is 9.59 Å². The predicted molar refractivity (Wildman–Crippen MR) is 102 cm³/mol. The van der Waals surface area contributed by atoms with E-state index in [9.17, 15) is 9.59 Å². The fraction of sp³-hybridized carbons (Fsp3) is 0.200. The quantitative estimate of drug-likeness (QED) is 0.598. The number of hydrogen-bond acceptors (Lipinski definition) is 8. The summed E-state index contributed by atoms with van der Waals surface area (Å²) in [5.74, 6) is -0.309. The average molecular weight is 392 g/mol. The van der Waals surface area contributed by atoms with Crippen LogP contribution in [0.5, 0.6) is 0 Å². The molecule has 1 aromatic carbocycles. The van der Waals surface area contributed by atoms with Crippen molar-refractivity contribution in [3.8, 4) is 0 Å². The lowest BCUT2D eigenvalue weighted by atomic mass is 10.2. The number of carbonyl (C=O) groups is 2. The third-order valence-corrected chi connectivity index (χ3v) is 5.19. The number of hydrogen-bond donors (Lipinski definition) is 1.